The molecule has 24 heavy (non-hydrogen) atoms. The highest BCUT2D eigenvalue weighted by molar-refractivity contribution is 14.0. The van der Waals surface area contributed by atoms with Crippen LogP contribution in [0.2, 0.25) is 0 Å². The maximum Gasteiger partial charge on any atom is 0.195 e. The lowest BCUT2D eigenvalue weighted by molar-refractivity contribution is 0.311. The fraction of sp³-hybridized carbons (Fsp3) is 0.375. The summed E-state index contributed by atoms with van der Waals surface area (Å²) in [4.78, 5) is 4.21. The van der Waals surface area contributed by atoms with E-state index in [1.807, 2.05) is 44.6 Å². The Morgan fingerprint density at radius 2 is 2.12 bits per heavy atom. The molecule has 0 radical (unpaired) electrons. The first-order valence-corrected chi connectivity index (χ1v) is 7.42. The molecule has 0 spiro atoms. The molecule has 1 heterocycles. The van der Waals surface area contributed by atoms with Gasteiger partial charge in [-0.15, -0.1) is 24.0 Å². The van der Waals surface area contributed by atoms with E-state index in [1.54, 1.807) is 18.8 Å². The number of hydrogen-bond acceptors (Lipinski definition) is 4. The smallest absolute Gasteiger partial charge is 0.195 e. The van der Waals surface area contributed by atoms with Gasteiger partial charge in [0.05, 0.1) is 19.9 Å². The minimum atomic E-state index is 0. The Balaban J connectivity index is 0.00000288. The van der Waals surface area contributed by atoms with E-state index in [0.717, 1.165) is 17.0 Å². The van der Waals surface area contributed by atoms with Crippen molar-refractivity contribution in [3.8, 4) is 11.5 Å². The second-order valence-corrected chi connectivity index (χ2v) is 4.87. The number of aromatic nitrogens is 2. The van der Waals surface area contributed by atoms with Crippen LogP contribution in [0.15, 0.2) is 35.6 Å². The van der Waals surface area contributed by atoms with Crippen molar-refractivity contribution in [1.82, 2.24) is 15.1 Å². The topological polar surface area (TPSA) is 72.7 Å². The molecular formula is C16H24IN5O2. The molecule has 0 aliphatic rings. The third kappa shape index (κ3) is 5.59. The Kier molecular flexibility index (Phi) is 8.37. The van der Waals surface area contributed by atoms with Gasteiger partial charge < -0.3 is 20.1 Å². The molecule has 0 bridgehead atoms. The van der Waals surface area contributed by atoms with Crippen LogP contribution in [0.25, 0.3) is 0 Å². The number of rotatable bonds is 6. The van der Waals surface area contributed by atoms with Crippen LogP contribution in [0.3, 0.4) is 0 Å². The van der Waals surface area contributed by atoms with Crippen molar-refractivity contribution >= 4 is 35.6 Å². The third-order valence-electron chi connectivity index (χ3n) is 3.17. The standard InChI is InChI=1S/C16H23N5O2.HI/c1-5-23-14-7-6-13(8-15(14)22-4)20-16(17-2)18-9-12-10-19-21(3)11-12;/h6-8,10-11H,5,9H2,1-4H3,(H2,17,18,20);1H. The number of hydrogen-bond donors (Lipinski definition) is 2. The van der Waals surface area contributed by atoms with E-state index in [-0.39, 0.29) is 24.0 Å². The number of ether oxygens (including phenoxy) is 2. The van der Waals surface area contributed by atoms with Crippen LogP contribution >= 0.6 is 24.0 Å². The summed E-state index contributed by atoms with van der Waals surface area (Å²) in [6, 6.07) is 5.67. The van der Waals surface area contributed by atoms with Gasteiger partial charge in [0.25, 0.3) is 0 Å². The van der Waals surface area contributed by atoms with E-state index in [4.69, 9.17) is 9.47 Å². The first-order chi connectivity index (χ1) is 11.2. The number of halogens is 1. The van der Waals surface area contributed by atoms with Gasteiger partial charge in [-0.25, -0.2) is 0 Å². The maximum absolute atomic E-state index is 5.51. The van der Waals surface area contributed by atoms with E-state index in [9.17, 15) is 0 Å². The van der Waals surface area contributed by atoms with Gasteiger partial charge in [-0.1, -0.05) is 0 Å². The molecule has 2 aromatic rings. The predicted octanol–water partition coefficient (Wildman–Crippen LogP) is 2.63. The Bertz CT molecular complexity index is 672. The Labute approximate surface area is 159 Å². The summed E-state index contributed by atoms with van der Waals surface area (Å²) in [5.74, 6) is 2.07. The number of benzene rings is 1. The summed E-state index contributed by atoms with van der Waals surface area (Å²) in [6.07, 6.45) is 3.78. The van der Waals surface area contributed by atoms with Gasteiger partial charge in [0.2, 0.25) is 0 Å². The minimum absolute atomic E-state index is 0. The van der Waals surface area contributed by atoms with Crippen molar-refractivity contribution in [2.45, 2.75) is 13.5 Å². The first-order valence-electron chi connectivity index (χ1n) is 7.42. The van der Waals surface area contributed by atoms with E-state index >= 15 is 0 Å². The summed E-state index contributed by atoms with van der Waals surface area (Å²) >= 11 is 0. The number of methoxy groups -OCH3 is 1. The lowest BCUT2D eigenvalue weighted by Crippen LogP contribution is -2.30. The number of aliphatic imine (C=N–C) groups is 1. The lowest BCUT2D eigenvalue weighted by Gasteiger charge is -2.14. The molecular weight excluding hydrogens is 421 g/mol. The van der Waals surface area contributed by atoms with Crippen LogP contribution in [-0.2, 0) is 13.6 Å². The SMILES string of the molecule is CCOc1ccc(NC(=NC)NCc2cnn(C)c2)cc1OC.I. The van der Waals surface area contributed by atoms with E-state index in [1.165, 1.54) is 0 Å². The van der Waals surface area contributed by atoms with Gasteiger partial charge in [-0.2, -0.15) is 5.10 Å². The zero-order chi connectivity index (χ0) is 16.7. The quantitative estimate of drug-likeness (QED) is 0.407. The fourth-order valence-corrected chi connectivity index (χ4v) is 2.08. The van der Waals surface area contributed by atoms with Crippen LogP contribution < -0.4 is 20.1 Å². The van der Waals surface area contributed by atoms with E-state index < -0.39 is 0 Å². The largest absolute Gasteiger partial charge is 0.493 e. The molecule has 0 saturated carbocycles. The highest BCUT2D eigenvalue weighted by Gasteiger charge is 2.07. The molecule has 0 saturated heterocycles. The van der Waals surface area contributed by atoms with Crippen LogP contribution in [0, 0.1) is 0 Å². The van der Waals surface area contributed by atoms with Gasteiger partial charge in [0, 0.05) is 44.2 Å². The van der Waals surface area contributed by atoms with Crippen LogP contribution in [0.1, 0.15) is 12.5 Å². The van der Waals surface area contributed by atoms with Crippen molar-refractivity contribution in [2.75, 3.05) is 26.1 Å². The van der Waals surface area contributed by atoms with E-state index in [0.29, 0.717) is 24.9 Å². The highest BCUT2D eigenvalue weighted by atomic mass is 127. The molecule has 0 unspecified atom stereocenters. The lowest BCUT2D eigenvalue weighted by atomic mass is 10.2. The molecule has 132 valence electrons. The van der Waals surface area contributed by atoms with Crippen molar-refractivity contribution in [2.24, 2.45) is 12.0 Å². The van der Waals surface area contributed by atoms with Crippen molar-refractivity contribution < 1.29 is 9.47 Å². The zero-order valence-corrected chi connectivity index (χ0v) is 16.7. The third-order valence-corrected chi connectivity index (χ3v) is 3.17. The van der Waals surface area contributed by atoms with Crippen LogP contribution in [0.4, 0.5) is 5.69 Å². The fourth-order valence-electron chi connectivity index (χ4n) is 2.08. The molecule has 2 rings (SSSR count). The average Bonchev–Trinajstić information content (AvgIpc) is 2.98. The monoisotopic (exact) mass is 445 g/mol. The number of guanidine groups is 1. The van der Waals surface area contributed by atoms with Crippen LogP contribution in [0.5, 0.6) is 11.5 Å². The predicted molar refractivity (Wildman–Crippen MR) is 107 cm³/mol. The summed E-state index contributed by atoms with van der Waals surface area (Å²) < 4.78 is 12.6. The normalized spacial score (nSPS) is 10.8. The summed E-state index contributed by atoms with van der Waals surface area (Å²) in [5, 5.41) is 10.6. The van der Waals surface area contributed by atoms with E-state index in [2.05, 4.69) is 20.7 Å². The Morgan fingerprint density at radius 3 is 2.71 bits per heavy atom. The van der Waals surface area contributed by atoms with Gasteiger partial charge in [0.15, 0.2) is 17.5 Å². The second kappa shape index (κ2) is 10.0. The van der Waals surface area contributed by atoms with Crippen molar-refractivity contribution in [3.63, 3.8) is 0 Å². The molecule has 0 aliphatic heterocycles. The van der Waals surface area contributed by atoms with Crippen molar-refractivity contribution in [1.29, 1.82) is 0 Å². The Morgan fingerprint density at radius 1 is 1.33 bits per heavy atom. The van der Waals surface area contributed by atoms with Crippen LogP contribution in [-0.4, -0.2) is 36.5 Å². The molecule has 0 atom stereocenters. The molecule has 0 aliphatic carbocycles. The molecule has 0 amide bonds. The number of nitrogens with zero attached hydrogens (tertiary/aromatic N) is 3. The summed E-state index contributed by atoms with van der Waals surface area (Å²) in [7, 11) is 5.24. The summed E-state index contributed by atoms with van der Waals surface area (Å²) in [6.45, 7) is 3.18. The number of aryl methyl sites for hydroxylation is 1. The number of anilines is 1. The Hall–Kier alpha value is -1.97. The van der Waals surface area contributed by atoms with Gasteiger partial charge in [-0.3, -0.25) is 9.67 Å². The second-order valence-electron chi connectivity index (χ2n) is 4.87. The van der Waals surface area contributed by atoms with Gasteiger partial charge >= 0.3 is 0 Å². The number of nitrogens with one attached hydrogen (secondary N) is 2. The molecule has 1 aromatic heterocycles. The van der Waals surface area contributed by atoms with Gasteiger partial charge in [0.1, 0.15) is 0 Å². The summed E-state index contributed by atoms with van der Waals surface area (Å²) in [5.41, 5.74) is 1.95. The highest BCUT2D eigenvalue weighted by Crippen LogP contribution is 2.30. The zero-order valence-electron chi connectivity index (χ0n) is 14.4. The molecule has 2 N–H and O–H groups in total. The van der Waals surface area contributed by atoms with Crippen molar-refractivity contribution in [3.05, 3.63) is 36.2 Å². The molecule has 0 fully saturated rings. The average molecular weight is 445 g/mol. The first kappa shape index (κ1) is 20.1. The molecule has 1 aromatic carbocycles. The minimum Gasteiger partial charge on any atom is -0.493 e. The molecule has 7 nitrogen and oxygen atoms in total. The molecule has 8 heteroatoms. The van der Waals surface area contributed by atoms with Gasteiger partial charge in [-0.05, 0) is 19.1 Å². The maximum atomic E-state index is 5.51.